The Morgan fingerprint density at radius 3 is 2.63 bits per heavy atom. The second kappa shape index (κ2) is 6.56. The van der Waals surface area contributed by atoms with Gasteiger partial charge in [0.2, 0.25) is 0 Å². The molecule has 0 bridgehead atoms. The van der Waals surface area contributed by atoms with E-state index in [1.807, 2.05) is 0 Å². The predicted octanol–water partition coefficient (Wildman–Crippen LogP) is 4.42. The second-order valence-electron chi connectivity index (χ2n) is 7.03. The first-order valence-corrected chi connectivity index (χ1v) is 7.84. The van der Waals surface area contributed by atoms with E-state index >= 15 is 0 Å². The van der Waals surface area contributed by atoms with E-state index in [2.05, 4.69) is 56.4 Å². The summed E-state index contributed by atoms with van der Waals surface area (Å²) in [6.45, 7) is 8.39. The molecule has 19 heavy (non-hydrogen) atoms. The molecule has 1 heteroatoms. The van der Waals surface area contributed by atoms with Gasteiger partial charge < -0.3 is 5.32 Å². The van der Waals surface area contributed by atoms with Gasteiger partial charge in [0.05, 0.1) is 0 Å². The van der Waals surface area contributed by atoms with Crippen molar-refractivity contribution >= 4 is 0 Å². The summed E-state index contributed by atoms with van der Waals surface area (Å²) in [5.41, 5.74) is 2.02. The summed E-state index contributed by atoms with van der Waals surface area (Å²) >= 11 is 0. The minimum Gasteiger partial charge on any atom is -0.314 e. The van der Waals surface area contributed by atoms with E-state index in [9.17, 15) is 0 Å². The van der Waals surface area contributed by atoms with Gasteiger partial charge in [-0.1, -0.05) is 51.1 Å². The average molecular weight is 259 g/mol. The lowest BCUT2D eigenvalue weighted by atomic mass is 9.70. The Hall–Kier alpha value is -0.820. The molecule has 1 aliphatic carbocycles. The number of nitrogens with one attached hydrogen (secondary N) is 1. The zero-order chi connectivity index (χ0) is 13.7. The van der Waals surface area contributed by atoms with Gasteiger partial charge in [0.25, 0.3) is 0 Å². The van der Waals surface area contributed by atoms with Crippen LogP contribution >= 0.6 is 0 Å². The quantitative estimate of drug-likeness (QED) is 0.772. The van der Waals surface area contributed by atoms with Gasteiger partial charge in [-0.3, -0.25) is 0 Å². The van der Waals surface area contributed by atoms with Gasteiger partial charge in [-0.05, 0) is 55.5 Å². The van der Waals surface area contributed by atoms with Crippen LogP contribution in [-0.4, -0.2) is 12.6 Å². The number of hydrogen-bond donors (Lipinski definition) is 1. The topological polar surface area (TPSA) is 12.0 Å². The molecule has 1 fully saturated rings. The van der Waals surface area contributed by atoms with Crippen LogP contribution in [0.3, 0.4) is 0 Å². The van der Waals surface area contributed by atoms with Crippen molar-refractivity contribution in [3.05, 3.63) is 35.9 Å². The molecule has 0 amide bonds. The number of hydrogen-bond acceptors (Lipinski definition) is 1. The Labute approximate surface area is 118 Å². The molecule has 2 unspecified atom stereocenters. The van der Waals surface area contributed by atoms with E-state index in [0.717, 1.165) is 18.5 Å². The first kappa shape index (κ1) is 14.6. The third-order valence-corrected chi connectivity index (χ3v) is 4.59. The molecule has 0 aromatic heterocycles. The van der Waals surface area contributed by atoms with Crippen LogP contribution in [0.1, 0.15) is 52.0 Å². The third-order valence-electron chi connectivity index (χ3n) is 4.59. The van der Waals surface area contributed by atoms with E-state index in [1.54, 1.807) is 0 Å². The van der Waals surface area contributed by atoms with Gasteiger partial charge in [-0.15, -0.1) is 0 Å². The first-order chi connectivity index (χ1) is 9.07. The van der Waals surface area contributed by atoms with Crippen molar-refractivity contribution in [2.45, 2.75) is 58.9 Å². The molecule has 106 valence electrons. The molecule has 1 aliphatic rings. The fourth-order valence-corrected chi connectivity index (χ4v) is 3.47. The van der Waals surface area contributed by atoms with Gasteiger partial charge >= 0.3 is 0 Å². The van der Waals surface area contributed by atoms with Crippen molar-refractivity contribution in [3.8, 4) is 0 Å². The largest absolute Gasteiger partial charge is 0.314 e. The molecule has 1 nitrogen and oxygen atoms in total. The maximum Gasteiger partial charge on any atom is 0.00930 e. The number of aryl methyl sites for hydroxylation is 1. The Kier molecular flexibility index (Phi) is 5.04. The van der Waals surface area contributed by atoms with E-state index in [0.29, 0.717) is 5.41 Å². The van der Waals surface area contributed by atoms with Crippen LogP contribution in [-0.2, 0) is 6.42 Å². The molecule has 0 saturated heterocycles. The molecule has 1 N–H and O–H groups in total. The molecule has 1 aromatic rings. The fraction of sp³-hybridized carbons (Fsp3) is 0.667. The maximum atomic E-state index is 3.78. The van der Waals surface area contributed by atoms with Crippen LogP contribution in [0.25, 0.3) is 0 Å². The fourth-order valence-electron chi connectivity index (χ4n) is 3.47. The van der Waals surface area contributed by atoms with Crippen molar-refractivity contribution < 1.29 is 0 Å². The molecule has 0 spiro atoms. The highest BCUT2D eigenvalue weighted by atomic mass is 14.9. The smallest absolute Gasteiger partial charge is 0.00930 e. The van der Waals surface area contributed by atoms with Crippen LogP contribution in [0.15, 0.2) is 30.3 Å². The zero-order valence-electron chi connectivity index (χ0n) is 12.8. The summed E-state index contributed by atoms with van der Waals surface area (Å²) in [7, 11) is 0. The van der Waals surface area contributed by atoms with Crippen LogP contribution in [0.4, 0.5) is 0 Å². The van der Waals surface area contributed by atoms with E-state index in [4.69, 9.17) is 0 Å². The van der Waals surface area contributed by atoms with Gasteiger partial charge in [-0.25, -0.2) is 0 Å². The molecule has 0 heterocycles. The summed E-state index contributed by atoms with van der Waals surface area (Å²) in [5, 5.41) is 3.78. The number of rotatable bonds is 5. The van der Waals surface area contributed by atoms with Gasteiger partial charge in [0, 0.05) is 6.04 Å². The SMILES string of the molecule is CC1CC(C)(C)CCC1NCCCc1ccccc1. The zero-order valence-corrected chi connectivity index (χ0v) is 12.8. The minimum absolute atomic E-state index is 0.557. The third kappa shape index (κ3) is 4.65. The minimum atomic E-state index is 0.557. The normalized spacial score (nSPS) is 26.3. The molecular weight excluding hydrogens is 230 g/mol. The summed E-state index contributed by atoms with van der Waals surface area (Å²) in [6.07, 6.45) is 6.52. The highest BCUT2D eigenvalue weighted by Gasteiger charge is 2.31. The van der Waals surface area contributed by atoms with Gasteiger partial charge in [0.15, 0.2) is 0 Å². The van der Waals surface area contributed by atoms with Crippen LogP contribution in [0.5, 0.6) is 0 Å². The Morgan fingerprint density at radius 2 is 1.95 bits per heavy atom. The maximum absolute atomic E-state index is 3.78. The molecule has 1 saturated carbocycles. The van der Waals surface area contributed by atoms with Crippen molar-refractivity contribution in [2.75, 3.05) is 6.54 Å². The summed E-state index contributed by atoms with van der Waals surface area (Å²) in [6, 6.07) is 11.6. The molecule has 2 rings (SSSR count). The Morgan fingerprint density at radius 1 is 1.21 bits per heavy atom. The number of benzene rings is 1. The average Bonchev–Trinajstić information content (AvgIpc) is 2.37. The summed E-state index contributed by atoms with van der Waals surface area (Å²) in [4.78, 5) is 0. The van der Waals surface area contributed by atoms with Gasteiger partial charge in [-0.2, -0.15) is 0 Å². The van der Waals surface area contributed by atoms with Crippen molar-refractivity contribution in [3.63, 3.8) is 0 Å². The Bertz CT molecular complexity index is 369. The lowest BCUT2D eigenvalue weighted by Crippen LogP contribution is -2.42. The van der Waals surface area contributed by atoms with Crippen molar-refractivity contribution in [2.24, 2.45) is 11.3 Å². The van der Waals surface area contributed by atoms with E-state index < -0.39 is 0 Å². The van der Waals surface area contributed by atoms with E-state index in [-0.39, 0.29) is 0 Å². The molecule has 1 aromatic carbocycles. The highest BCUT2D eigenvalue weighted by Crippen LogP contribution is 2.38. The molecule has 0 aliphatic heterocycles. The standard InChI is InChI=1S/C18H29N/c1-15-14-18(2,3)12-11-17(15)19-13-7-10-16-8-5-4-6-9-16/h4-6,8-9,15,17,19H,7,10-14H2,1-3H3. The van der Waals surface area contributed by atoms with Crippen molar-refractivity contribution in [1.29, 1.82) is 0 Å². The van der Waals surface area contributed by atoms with Crippen LogP contribution in [0.2, 0.25) is 0 Å². The molecular formula is C18H29N. The predicted molar refractivity (Wildman–Crippen MR) is 83.3 cm³/mol. The van der Waals surface area contributed by atoms with Crippen molar-refractivity contribution in [1.82, 2.24) is 5.32 Å². The van der Waals surface area contributed by atoms with Gasteiger partial charge in [0.1, 0.15) is 0 Å². The van der Waals surface area contributed by atoms with Crippen LogP contribution in [0, 0.1) is 11.3 Å². The molecule has 0 radical (unpaired) electrons. The van der Waals surface area contributed by atoms with Crippen LogP contribution < -0.4 is 5.32 Å². The Balaban J connectivity index is 1.66. The summed E-state index contributed by atoms with van der Waals surface area (Å²) in [5.74, 6) is 0.820. The molecule has 2 atom stereocenters. The second-order valence-corrected chi connectivity index (χ2v) is 7.03. The summed E-state index contributed by atoms with van der Waals surface area (Å²) < 4.78 is 0. The monoisotopic (exact) mass is 259 g/mol. The highest BCUT2D eigenvalue weighted by molar-refractivity contribution is 5.14. The lowest BCUT2D eigenvalue weighted by molar-refractivity contribution is 0.149. The first-order valence-electron chi connectivity index (χ1n) is 7.84. The van der Waals surface area contributed by atoms with E-state index in [1.165, 1.54) is 37.7 Å². The lowest BCUT2D eigenvalue weighted by Gasteiger charge is -2.39.